The molecule has 0 aromatic carbocycles. The lowest BCUT2D eigenvalue weighted by molar-refractivity contribution is 0.294. The van der Waals surface area contributed by atoms with Crippen molar-refractivity contribution in [3.63, 3.8) is 0 Å². The van der Waals surface area contributed by atoms with Crippen LogP contribution in [0.25, 0.3) is 0 Å². The largest absolute Gasteiger partial charge is 0.360 e. The molecule has 0 N–H and O–H groups in total. The van der Waals surface area contributed by atoms with E-state index >= 15 is 0 Å². The molecule has 0 radical (unpaired) electrons. The van der Waals surface area contributed by atoms with Crippen molar-refractivity contribution in [2.75, 3.05) is 0 Å². The van der Waals surface area contributed by atoms with Gasteiger partial charge in [0.25, 0.3) is 0 Å². The van der Waals surface area contributed by atoms with Crippen LogP contribution in [-0.2, 0) is 4.74 Å². The van der Waals surface area contributed by atoms with Crippen molar-refractivity contribution in [2.24, 2.45) is 5.41 Å². The average molecular weight is 280 g/mol. The van der Waals surface area contributed by atoms with Crippen molar-refractivity contribution < 1.29 is 4.74 Å². The van der Waals surface area contributed by atoms with Crippen molar-refractivity contribution >= 4 is 34.8 Å². The highest BCUT2D eigenvalue weighted by molar-refractivity contribution is 6.26. The van der Waals surface area contributed by atoms with E-state index in [-0.39, 0.29) is 17.1 Å². The average Bonchev–Trinajstić information content (AvgIpc) is 2.96. The predicted octanol–water partition coefficient (Wildman–Crippen LogP) is 4.55. The summed E-state index contributed by atoms with van der Waals surface area (Å²) in [4.78, 5) is 0. The lowest BCUT2D eigenvalue weighted by Crippen LogP contribution is -2.33. The van der Waals surface area contributed by atoms with Crippen molar-refractivity contribution in [1.29, 1.82) is 0 Å². The summed E-state index contributed by atoms with van der Waals surface area (Å²) in [5.74, 6) is 0. The Bertz CT molecular complexity index is 336. The monoisotopic (exact) mass is 278 g/mol. The summed E-state index contributed by atoms with van der Waals surface area (Å²) >= 11 is 17.1. The highest BCUT2D eigenvalue weighted by atomic mass is 35.5. The van der Waals surface area contributed by atoms with E-state index in [0.29, 0.717) is 0 Å². The van der Waals surface area contributed by atoms with Crippen molar-refractivity contribution in [3.05, 3.63) is 34.8 Å². The van der Waals surface area contributed by atoms with Crippen molar-refractivity contribution in [2.45, 2.75) is 31.0 Å². The van der Waals surface area contributed by atoms with Crippen LogP contribution in [0.3, 0.4) is 0 Å². The smallest absolute Gasteiger partial charge is 0.115 e. The molecule has 1 aliphatic heterocycles. The van der Waals surface area contributed by atoms with Gasteiger partial charge in [0.15, 0.2) is 0 Å². The van der Waals surface area contributed by atoms with E-state index in [9.17, 15) is 0 Å². The molecule has 2 fully saturated rings. The molecule has 2 aliphatic rings. The van der Waals surface area contributed by atoms with Crippen LogP contribution in [0.4, 0.5) is 0 Å². The Balaban J connectivity index is 2.28. The van der Waals surface area contributed by atoms with Crippen LogP contribution >= 0.6 is 34.8 Å². The lowest BCUT2D eigenvalue weighted by Gasteiger charge is -2.30. The van der Waals surface area contributed by atoms with Gasteiger partial charge in [0.05, 0.1) is 0 Å². The van der Waals surface area contributed by atoms with E-state index in [2.05, 4.69) is 0 Å². The molecule has 16 heavy (non-hydrogen) atoms. The summed E-state index contributed by atoms with van der Waals surface area (Å²) < 4.78 is 5.84. The molecule has 1 saturated heterocycles. The first-order valence-electron chi connectivity index (χ1n) is 5.24. The van der Waals surface area contributed by atoms with Crippen LogP contribution in [0.2, 0.25) is 0 Å². The minimum atomic E-state index is -0.202. The van der Waals surface area contributed by atoms with Gasteiger partial charge in [0, 0.05) is 22.0 Å². The zero-order chi connectivity index (χ0) is 11.6. The maximum Gasteiger partial charge on any atom is 0.115 e. The van der Waals surface area contributed by atoms with Gasteiger partial charge in [-0.15, -0.1) is 0 Å². The van der Waals surface area contributed by atoms with Gasteiger partial charge >= 0.3 is 0 Å². The summed E-state index contributed by atoms with van der Waals surface area (Å²) in [6.45, 7) is 0. The zero-order valence-electron chi connectivity index (χ0n) is 8.70. The first kappa shape index (κ1) is 12.5. The van der Waals surface area contributed by atoms with Gasteiger partial charge in [-0.2, -0.15) is 0 Å². The Morgan fingerprint density at radius 2 is 1.56 bits per heavy atom. The van der Waals surface area contributed by atoms with Crippen molar-refractivity contribution in [1.82, 2.24) is 0 Å². The maximum absolute atomic E-state index is 5.84. The topological polar surface area (TPSA) is 12.5 Å². The molecule has 2 rings (SSSR count). The molecule has 88 valence electrons. The first-order chi connectivity index (χ1) is 7.73. The number of ether oxygens (including phenoxy) is 1. The minimum absolute atomic E-state index is 0.105. The summed E-state index contributed by atoms with van der Waals surface area (Å²) in [5, 5.41) is 0. The van der Waals surface area contributed by atoms with E-state index in [1.807, 2.05) is 18.2 Å². The van der Waals surface area contributed by atoms with E-state index in [0.717, 1.165) is 19.3 Å². The second-order valence-corrected chi connectivity index (χ2v) is 5.05. The Hall–Kier alpha value is 0.0500. The fourth-order valence-corrected chi connectivity index (χ4v) is 3.37. The number of halogens is 3. The SMILES string of the molecule is ClC=CC1(C=CCl)CCCC2(C=CCl)OC12. The minimum Gasteiger partial charge on any atom is -0.360 e. The third-order valence-electron chi connectivity index (χ3n) is 3.48. The van der Waals surface area contributed by atoms with Crippen molar-refractivity contribution in [3.8, 4) is 0 Å². The quantitative estimate of drug-likeness (QED) is 0.690. The maximum atomic E-state index is 5.84. The predicted molar refractivity (Wildman–Crippen MR) is 68.9 cm³/mol. The second kappa shape index (κ2) is 4.73. The molecule has 1 heterocycles. The van der Waals surface area contributed by atoms with Gasteiger partial charge in [-0.25, -0.2) is 0 Å². The van der Waals surface area contributed by atoms with Crippen LogP contribution in [0.15, 0.2) is 34.8 Å². The molecule has 2 unspecified atom stereocenters. The van der Waals surface area contributed by atoms with Crippen LogP contribution in [0, 0.1) is 5.41 Å². The number of hydrogen-bond donors (Lipinski definition) is 0. The zero-order valence-corrected chi connectivity index (χ0v) is 11.0. The molecular formula is C12H13Cl3O. The number of epoxide rings is 1. The Kier molecular flexibility index (Phi) is 3.70. The standard InChI is InChI=1S/C12H13Cl3O/c13-7-4-11(5-8-14)2-1-3-12(6-9-15)10(11)16-12/h4-10H,1-3H2. The fourth-order valence-electron chi connectivity index (χ4n) is 2.69. The highest BCUT2D eigenvalue weighted by Gasteiger charge is 2.64. The van der Waals surface area contributed by atoms with Crippen LogP contribution in [-0.4, -0.2) is 11.7 Å². The van der Waals surface area contributed by atoms with Gasteiger partial charge in [-0.3, -0.25) is 0 Å². The molecular weight excluding hydrogens is 266 g/mol. The first-order valence-corrected chi connectivity index (χ1v) is 6.55. The van der Waals surface area contributed by atoms with Gasteiger partial charge in [-0.1, -0.05) is 47.0 Å². The highest BCUT2D eigenvalue weighted by Crippen LogP contribution is 2.59. The summed E-state index contributed by atoms with van der Waals surface area (Å²) in [7, 11) is 0. The molecule has 0 amide bonds. The molecule has 0 aromatic rings. The van der Waals surface area contributed by atoms with Crippen LogP contribution < -0.4 is 0 Å². The molecule has 4 heteroatoms. The fraction of sp³-hybridized carbons (Fsp3) is 0.500. The Labute approximate surface area is 111 Å². The second-order valence-electron chi connectivity index (χ2n) is 4.30. The van der Waals surface area contributed by atoms with Gasteiger partial charge in [0.1, 0.15) is 11.7 Å². The van der Waals surface area contributed by atoms with E-state index < -0.39 is 0 Å². The van der Waals surface area contributed by atoms with Gasteiger partial charge in [0.2, 0.25) is 0 Å². The summed E-state index contributed by atoms with van der Waals surface area (Å²) in [5.41, 5.74) is 4.23. The molecule has 1 nitrogen and oxygen atoms in total. The number of rotatable bonds is 3. The number of fused-ring (bicyclic) bond motifs is 1. The normalized spacial score (nSPS) is 43.3. The Morgan fingerprint density at radius 1 is 0.938 bits per heavy atom. The van der Waals surface area contributed by atoms with Gasteiger partial charge in [-0.05, 0) is 25.3 Å². The Morgan fingerprint density at radius 3 is 2.12 bits per heavy atom. The molecule has 1 aliphatic carbocycles. The third-order valence-corrected chi connectivity index (χ3v) is 3.86. The molecule has 0 bridgehead atoms. The van der Waals surface area contributed by atoms with E-state index in [1.54, 1.807) is 11.1 Å². The van der Waals surface area contributed by atoms with Crippen LogP contribution in [0.5, 0.6) is 0 Å². The third kappa shape index (κ3) is 1.95. The van der Waals surface area contributed by atoms with E-state index in [4.69, 9.17) is 39.5 Å². The molecule has 1 saturated carbocycles. The van der Waals surface area contributed by atoms with Gasteiger partial charge < -0.3 is 4.74 Å². The molecule has 0 spiro atoms. The van der Waals surface area contributed by atoms with Crippen LogP contribution in [0.1, 0.15) is 19.3 Å². The molecule has 2 atom stereocenters. The summed E-state index contributed by atoms with van der Waals surface area (Å²) in [6.07, 6.45) is 9.03. The van der Waals surface area contributed by atoms with E-state index in [1.165, 1.54) is 5.54 Å². The lowest BCUT2D eigenvalue weighted by atomic mass is 9.70. The molecule has 0 aromatic heterocycles. The summed E-state index contributed by atoms with van der Waals surface area (Å²) in [6, 6.07) is 0. The number of hydrogen-bond acceptors (Lipinski definition) is 1.